The van der Waals surface area contributed by atoms with Gasteiger partial charge in [-0.2, -0.15) is 5.10 Å². The van der Waals surface area contributed by atoms with Crippen molar-refractivity contribution in [2.75, 3.05) is 0 Å². The molecule has 1 amide bonds. The molecule has 9 nitrogen and oxygen atoms in total. The number of pyridine rings is 1. The molecule has 4 aromatic heterocycles. The van der Waals surface area contributed by atoms with E-state index >= 15 is 0 Å². The van der Waals surface area contributed by atoms with E-state index in [4.69, 9.17) is 4.98 Å². The number of hydrogen-bond donors (Lipinski definition) is 1. The van der Waals surface area contributed by atoms with E-state index in [1.165, 1.54) is 0 Å². The predicted molar refractivity (Wildman–Crippen MR) is 119 cm³/mol. The molecule has 0 spiro atoms. The number of carbonyl (C=O) groups is 1. The number of nitrogens with zero attached hydrogens (tertiary/aromatic N) is 7. The molecule has 1 aliphatic rings. The van der Waals surface area contributed by atoms with Gasteiger partial charge in [-0.05, 0) is 50.8 Å². The zero-order valence-electron chi connectivity index (χ0n) is 18.6. The summed E-state index contributed by atoms with van der Waals surface area (Å²) in [4.78, 5) is 31.2. The molecule has 4 aromatic rings. The third-order valence-electron chi connectivity index (χ3n) is 5.81. The molecule has 0 atom stereocenters. The summed E-state index contributed by atoms with van der Waals surface area (Å²) in [5.41, 5.74) is 4.79. The van der Waals surface area contributed by atoms with Crippen molar-refractivity contribution in [1.82, 2.24) is 39.4 Å². The van der Waals surface area contributed by atoms with Crippen molar-refractivity contribution in [3.05, 3.63) is 58.7 Å². The van der Waals surface area contributed by atoms with Gasteiger partial charge in [0, 0.05) is 36.6 Å². The maximum absolute atomic E-state index is 13.0. The molecule has 0 aliphatic carbocycles. The Labute approximate surface area is 186 Å². The Bertz CT molecular complexity index is 1300. The first-order chi connectivity index (χ1) is 15.5. The lowest BCUT2D eigenvalue weighted by Crippen LogP contribution is -2.26. The van der Waals surface area contributed by atoms with Crippen LogP contribution in [0.5, 0.6) is 0 Å². The first kappa shape index (κ1) is 20.3. The monoisotopic (exact) mass is 430 g/mol. The summed E-state index contributed by atoms with van der Waals surface area (Å²) >= 11 is 0. The number of hydrogen-bond acceptors (Lipinski definition) is 6. The average molecular weight is 431 g/mol. The second kappa shape index (κ2) is 8.14. The van der Waals surface area contributed by atoms with Gasteiger partial charge in [-0.3, -0.25) is 14.2 Å². The molecule has 1 aliphatic heterocycles. The first-order valence-corrected chi connectivity index (χ1v) is 11.1. The number of carbonyl (C=O) groups excluding carboxylic acids is 1. The Balaban J connectivity index is 1.35. The largest absolute Gasteiger partial charge is 0.345 e. The van der Waals surface area contributed by atoms with E-state index in [9.17, 15) is 4.79 Å². The van der Waals surface area contributed by atoms with Crippen molar-refractivity contribution in [2.45, 2.75) is 59.5 Å². The van der Waals surface area contributed by atoms with E-state index in [0.29, 0.717) is 24.4 Å². The second-order valence-corrected chi connectivity index (χ2v) is 8.21. The summed E-state index contributed by atoms with van der Waals surface area (Å²) in [6.45, 7) is 7.13. The van der Waals surface area contributed by atoms with Crippen molar-refractivity contribution in [3.8, 4) is 11.4 Å². The summed E-state index contributed by atoms with van der Waals surface area (Å²) in [5, 5.41) is 7.64. The minimum atomic E-state index is -0.186. The number of aromatic nitrogens is 7. The molecular formula is C23H26N8O. The molecule has 0 fully saturated rings. The molecule has 0 aromatic carbocycles. The molecule has 32 heavy (non-hydrogen) atoms. The van der Waals surface area contributed by atoms with Gasteiger partial charge in [0.15, 0.2) is 5.82 Å². The zero-order chi connectivity index (χ0) is 22.2. The zero-order valence-corrected chi connectivity index (χ0v) is 18.6. The third kappa shape index (κ3) is 3.63. The Morgan fingerprint density at radius 2 is 2.03 bits per heavy atom. The Morgan fingerprint density at radius 1 is 1.16 bits per heavy atom. The molecule has 164 valence electrons. The minimum absolute atomic E-state index is 0.186. The van der Waals surface area contributed by atoms with Crippen LogP contribution in [0.15, 0.2) is 24.5 Å². The standard InChI is InChI=1S/C23H26N8O/c1-4-18-20(30-13-14(2)11-25-23(30)27-18)22(32)24-12-16-8-9-17(15(3)26-16)21-28-19-7-5-6-10-31(19)29-21/h8-9,11,13H,4-7,10,12H2,1-3H3,(H,24,32). The Hall–Kier alpha value is -3.62. The van der Waals surface area contributed by atoms with Gasteiger partial charge in [0.05, 0.1) is 17.9 Å². The predicted octanol–water partition coefficient (Wildman–Crippen LogP) is 2.83. The van der Waals surface area contributed by atoms with Crippen LogP contribution in [-0.2, 0) is 25.9 Å². The van der Waals surface area contributed by atoms with E-state index in [-0.39, 0.29) is 5.91 Å². The van der Waals surface area contributed by atoms with Gasteiger partial charge in [0.1, 0.15) is 11.5 Å². The van der Waals surface area contributed by atoms with E-state index in [1.807, 2.05) is 43.8 Å². The van der Waals surface area contributed by atoms with Crippen LogP contribution in [0, 0.1) is 13.8 Å². The Morgan fingerprint density at radius 3 is 2.81 bits per heavy atom. The summed E-state index contributed by atoms with van der Waals surface area (Å²) in [7, 11) is 0. The van der Waals surface area contributed by atoms with Crippen LogP contribution in [0.3, 0.4) is 0 Å². The highest BCUT2D eigenvalue weighted by molar-refractivity contribution is 5.94. The highest BCUT2D eigenvalue weighted by Crippen LogP contribution is 2.22. The van der Waals surface area contributed by atoms with Crippen molar-refractivity contribution in [1.29, 1.82) is 0 Å². The van der Waals surface area contributed by atoms with Gasteiger partial charge in [0.2, 0.25) is 5.78 Å². The van der Waals surface area contributed by atoms with Gasteiger partial charge in [0.25, 0.3) is 5.91 Å². The molecule has 1 N–H and O–H groups in total. The van der Waals surface area contributed by atoms with Crippen LogP contribution in [-0.4, -0.2) is 40.0 Å². The van der Waals surface area contributed by atoms with E-state index < -0.39 is 0 Å². The van der Waals surface area contributed by atoms with Crippen LogP contribution in [0.25, 0.3) is 17.2 Å². The fourth-order valence-corrected chi connectivity index (χ4v) is 4.16. The van der Waals surface area contributed by atoms with Gasteiger partial charge in [-0.15, -0.1) is 0 Å². The molecular weight excluding hydrogens is 404 g/mol. The quantitative estimate of drug-likeness (QED) is 0.522. The number of aryl methyl sites for hydroxylation is 5. The SMILES string of the molecule is CCc1nc2ncc(C)cn2c1C(=O)NCc1ccc(-c2nc3n(n2)CCCC3)c(C)n1. The lowest BCUT2D eigenvalue weighted by molar-refractivity contribution is 0.0943. The van der Waals surface area contributed by atoms with Gasteiger partial charge in [-0.25, -0.2) is 19.6 Å². The van der Waals surface area contributed by atoms with E-state index in [0.717, 1.165) is 65.7 Å². The van der Waals surface area contributed by atoms with Crippen LogP contribution >= 0.6 is 0 Å². The molecule has 0 saturated carbocycles. The second-order valence-electron chi connectivity index (χ2n) is 8.21. The summed E-state index contributed by atoms with van der Waals surface area (Å²) in [6.07, 6.45) is 7.57. The molecule has 5 rings (SSSR count). The fourth-order valence-electron chi connectivity index (χ4n) is 4.16. The smallest absolute Gasteiger partial charge is 0.270 e. The number of amides is 1. The van der Waals surface area contributed by atoms with Gasteiger partial charge >= 0.3 is 0 Å². The van der Waals surface area contributed by atoms with E-state index in [1.54, 1.807) is 10.6 Å². The van der Waals surface area contributed by atoms with E-state index in [2.05, 4.69) is 25.4 Å². The summed E-state index contributed by atoms with van der Waals surface area (Å²) < 4.78 is 3.77. The molecule has 0 radical (unpaired) electrons. The summed E-state index contributed by atoms with van der Waals surface area (Å²) in [6, 6.07) is 3.91. The average Bonchev–Trinajstić information content (AvgIpc) is 3.38. The highest BCUT2D eigenvalue weighted by Gasteiger charge is 2.20. The lowest BCUT2D eigenvalue weighted by Gasteiger charge is -2.10. The third-order valence-corrected chi connectivity index (χ3v) is 5.81. The number of imidazole rings is 1. The molecule has 0 unspecified atom stereocenters. The molecule has 9 heteroatoms. The number of fused-ring (bicyclic) bond motifs is 2. The van der Waals surface area contributed by atoms with Crippen molar-refractivity contribution in [2.24, 2.45) is 0 Å². The van der Waals surface area contributed by atoms with Crippen molar-refractivity contribution < 1.29 is 4.79 Å². The van der Waals surface area contributed by atoms with Crippen molar-refractivity contribution in [3.63, 3.8) is 0 Å². The maximum atomic E-state index is 13.0. The fraction of sp³-hybridized carbons (Fsp3) is 0.391. The normalized spacial score (nSPS) is 13.3. The topological polar surface area (TPSA) is 103 Å². The summed E-state index contributed by atoms with van der Waals surface area (Å²) in [5.74, 6) is 2.12. The van der Waals surface area contributed by atoms with Crippen LogP contribution in [0.1, 0.15) is 58.7 Å². The number of nitrogens with one attached hydrogen (secondary N) is 1. The highest BCUT2D eigenvalue weighted by atomic mass is 16.2. The van der Waals surface area contributed by atoms with Crippen LogP contribution < -0.4 is 5.32 Å². The van der Waals surface area contributed by atoms with Crippen molar-refractivity contribution >= 4 is 11.7 Å². The van der Waals surface area contributed by atoms with Gasteiger partial charge < -0.3 is 5.32 Å². The first-order valence-electron chi connectivity index (χ1n) is 11.1. The lowest BCUT2D eigenvalue weighted by atomic mass is 10.1. The van der Waals surface area contributed by atoms with Crippen LogP contribution in [0.4, 0.5) is 0 Å². The maximum Gasteiger partial charge on any atom is 0.270 e. The molecule has 5 heterocycles. The number of rotatable bonds is 5. The van der Waals surface area contributed by atoms with Gasteiger partial charge in [-0.1, -0.05) is 6.92 Å². The Kier molecular flexibility index (Phi) is 5.16. The minimum Gasteiger partial charge on any atom is -0.345 e. The molecule has 0 bridgehead atoms. The molecule has 0 saturated heterocycles. The van der Waals surface area contributed by atoms with Crippen LogP contribution in [0.2, 0.25) is 0 Å².